The first-order valence-corrected chi connectivity index (χ1v) is 5.17. The maximum Gasteiger partial charge on any atom is 0.431 e. The molecule has 0 aliphatic heterocycles. The topological polar surface area (TPSA) is 0 Å². The monoisotopic (exact) mass is 320 g/mol. The second-order valence-corrected chi connectivity index (χ2v) is 4.11. The fourth-order valence-electron chi connectivity index (χ4n) is 1.43. The fraction of sp³-hybridized carbons (Fsp3) is 0.800. The van der Waals surface area contributed by atoms with Gasteiger partial charge in [-0.2, -0.15) is 39.5 Å². The van der Waals surface area contributed by atoms with E-state index in [9.17, 15) is 43.9 Å². The molecule has 0 aliphatic carbocycles. The summed E-state index contributed by atoms with van der Waals surface area (Å²) in [5.41, 5.74) is -5.90. The molecule has 0 aromatic carbocycles. The lowest BCUT2D eigenvalue weighted by Gasteiger charge is -2.33. The van der Waals surface area contributed by atoms with Gasteiger partial charge < -0.3 is 0 Å². The van der Waals surface area contributed by atoms with E-state index in [-0.39, 0.29) is 0 Å². The van der Waals surface area contributed by atoms with Crippen LogP contribution in [-0.4, -0.2) is 24.2 Å². The largest absolute Gasteiger partial charge is 0.431 e. The molecule has 0 aromatic rings. The summed E-state index contributed by atoms with van der Waals surface area (Å²) in [6.45, 7) is 3.00. The number of allylic oxidation sites excluding steroid dienone is 1. The smallest absolute Gasteiger partial charge is 0.224 e. The molecular formula is C10H10F10. The summed E-state index contributed by atoms with van der Waals surface area (Å²) in [6.07, 6.45) is -21.8. The Bertz CT molecular complexity index is 306. The standard InChI is InChI=1S/C10H10F10/c1-2-3-4-6(8(12,13)14)5-7(11,9(15,16)17)10(18,19)20/h2,6H,1,3-5H2. The maximum atomic E-state index is 13.2. The van der Waals surface area contributed by atoms with Crippen molar-refractivity contribution in [1.29, 1.82) is 0 Å². The van der Waals surface area contributed by atoms with E-state index < -0.39 is 49.4 Å². The van der Waals surface area contributed by atoms with E-state index in [1.54, 1.807) is 0 Å². The van der Waals surface area contributed by atoms with E-state index in [2.05, 4.69) is 6.58 Å². The molecule has 0 N–H and O–H groups in total. The van der Waals surface area contributed by atoms with Crippen molar-refractivity contribution in [3.8, 4) is 0 Å². The van der Waals surface area contributed by atoms with Gasteiger partial charge >= 0.3 is 18.5 Å². The van der Waals surface area contributed by atoms with E-state index in [0.717, 1.165) is 6.08 Å². The summed E-state index contributed by atoms with van der Waals surface area (Å²) in [4.78, 5) is 0. The molecule has 0 heterocycles. The van der Waals surface area contributed by atoms with Gasteiger partial charge in [-0.1, -0.05) is 6.08 Å². The average Bonchev–Trinajstić information content (AvgIpc) is 2.18. The van der Waals surface area contributed by atoms with E-state index in [0.29, 0.717) is 0 Å². The van der Waals surface area contributed by atoms with Crippen LogP contribution in [0.25, 0.3) is 0 Å². The number of hydrogen-bond acceptors (Lipinski definition) is 0. The van der Waals surface area contributed by atoms with Gasteiger partial charge in [0.15, 0.2) is 0 Å². The van der Waals surface area contributed by atoms with E-state index in [1.807, 2.05) is 0 Å². The van der Waals surface area contributed by atoms with Crippen LogP contribution in [0, 0.1) is 5.92 Å². The molecule has 0 saturated carbocycles. The van der Waals surface area contributed by atoms with E-state index in [4.69, 9.17) is 0 Å². The number of hydrogen-bond donors (Lipinski definition) is 0. The highest BCUT2D eigenvalue weighted by Gasteiger charge is 2.73. The van der Waals surface area contributed by atoms with Crippen LogP contribution >= 0.6 is 0 Å². The molecule has 0 aromatic heterocycles. The minimum Gasteiger partial charge on any atom is -0.224 e. The molecule has 0 amide bonds. The molecule has 0 radical (unpaired) electrons. The molecule has 0 saturated heterocycles. The Hall–Kier alpha value is -0.960. The lowest BCUT2D eigenvalue weighted by Crippen LogP contribution is -2.55. The highest BCUT2D eigenvalue weighted by molar-refractivity contribution is 4.97. The summed E-state index contributed by atoms with van der Waals surface area (Å²) in [6, 6.07) is 0. The molecule has 0 bridgehead atoms. The van der Waals surface area contributed by atoms with Crippen molar-refractivity contribution in [3.63, 3.8) is 0 Å². The highest BCUT2D eigenvalue weighted by atomic mass is 19.4. The second kappa shape index (κ2) is 5.80. The van der Waals surface area contributed by atoms with Crippen molar-refractivity contribution < 1.29 is 43.9 Å². The molecular weight excluding hydrogens is 310 g/mol. The predicted octanol–water partition coefficient (Wildman–Crippen LogP) is 5.35. The van der Waals surface area contributed by atoms with Crippen molar-refractivity contribution in [2.45, 2.75) is 43.5 Å². The molecule has 10 heteroatoms. The van der Waals surface area contributed by atoms with Gasteiger partial charge in [-0.25, -0.2) is 4.39 Å². The molecule has 0 spiro atoms. The Kier molecular flexibility index (Phi) is 5.53. The third-order valence-corrected chi connectivity index (χ3v) is 2.61. The van der Waals surface area contributed by atoms with Crippen LogP contribution in [-0.2, 0) is 0 Å². The van der Waals surface area contributed by atoms with Gasteiger partial charge in [0, 0.05) is 6.42 Å². The van der Waals surface area contributed by atoms with Gasteiger partial charge in [0.25, 0.3) is 5.67 Å². The highest BCUT2D eigenvalue weighted by Crippen LogP contribution is 2.52. The number of halogens is 10. The minimum atomic E-state index is -6.48. The number of alkyl halides is 10. The van der Waals surface area contributed by atoms with Gasteiger partial charge in [0.05, 0.1) is 5.92 Å². The van der Waals surface area contributed by atoms with Crippen LogP contribution < -0.4 is 0 Å². The van der Waals surface area contributed by atoms with Crippen LogP contribution in [0.15, 0.2) is 12.7 Å². The molecule has 0 nitrogen and oxygen atoms in total. The van der Waals surface area contributed by atoms with Crippen molar-refractivity contribution >= 4 is 0 Å². The normalized spacial score (nSPS) is 16.1. The Morgan fingerprint density at radius 1 is 0.800 bits per heavy atom. The average molecular weight is 320 g/mol. The first kappa shape index (κ1) is 19.0. The summed E-state index contributed by atoms with van der Waals surface area (Å²) in [5.74, 6) is -3.08. The summed E-state index contributed by atoms with van der Waals surface area (Å²) in [7, 11) is 0. The van der Waals surface area contributed by atoms with Crippen LogP contribution in [0.3, 0.4) is 0 Å². The van der Waals surface area contributed by atoms with Gasteiger partial charge in [-0.15, -0.1) is 6.58 Å². The third kappa shape index (κ3) is 4.27. The molecule has 1 atom stereocenters. The molecule has 0 fully saturated rings. The first-order chi connectivity index (χ1) is 8.67. The SMILES string of the molecule is C=CCCC(CC(F)(C(F)(F)F)C(F)(F)F)C(F)(F)F. The van der Waals surface area contributed by atoms with Gasteiger partial charge in [0.2, 0.25) is 0 Å². The molecule has 1 unspecified atom stereocenters. The van der Waals surface area contributed by atoms with Crippen LogP contribution in [0.5, 0.6) is 0 Å². The van der Waals surface area contributed by atoms with Crippen molar-refractivity contribution in [3.05, 3.63) is 12.7 Å². The molecule has 120 valence electrons. The van der Waals surface area contributed by atoms with E-state index >= 15 is 0 Å². The lowest BCUT2D eigenvalue weighted by molar-refractivity contribution is -0.352. The van der Waals surface area contributed by atoms with E-state index in [1.165, 1.54) is 0 Å². The number of rotatable bonds is 5. The molecule has 20 heavy (non-hydrogen) atoms. The predicted molar refractivity (Wildman–Crippen MR) is 49.5 cm³/mol. The second-order valence-electron chi connectivity index (χ2n) is 4.11. The van der Waals surface area contributed by atoms with Crippen molar-refractivity contribution in [2.75, 3.05) is 0 Å². The van der Waals surface area contributed by atoms with Crippen LogP contribution in [0.1, 0.15) is 19.3 Å². The quantitative estimate of drug-likeness (QED) is 0.473. The van der Waals surface area contributed by atoms with Crippen molar-refractivity contribution in [1.82, 2.24) is 0 Å². The lowest BCUT2D eigenvalue weighted by atomic mass is 9.87. The Balaban J connectivity index is 5.47. The van der Waals surface area contributed by atoms with Gasteiger partial charge in [0.1, 0.15) is 0 Å². The Labute approximate surface area is 107 Å². The minimum absolute atomic E-state index is 0.490. The Morgan fingerprint density at radius 2 is 1.20 bits per heavy atom. The fourth-order valence-corrected chi connectivity index (χ4v) is 1.43. The first-order valence-electron chi connectivity index (χ1n) is 5.17. The Morgan fingerprint density at radius 3 is 1.45 bits per heavy atom. The zero-order chi connectivity index (χ0) is 16.4. The summed E-state index contributed by atoms with van der Waals surface area (Å²) >= 11 is 0. The summed E-state index contributed by atoms with van der Waals surface area (Å²) < 4.78 is 124. The van der Waals surface area contributed by atoms with Gasteiger partial charge in [-0.3, -0.25) is 0 Å². The maximum absolute atomic E-state index is 13.2. The third-order valence-electron chi connectivity index (χ3n) is 2.61. The summed E-state index contributed by atoms with van der Waals surface area (Å²) in [5, 5.41) is 0. The van der Waals surface area contributed by atoms with Crippen molar-refractivity contribution in [2.24, 2.45) is 5.92 Å². The zero-order valence-corrected chi connectivity index (χ0v) is 9.76. The van der Waals surface area contributed by atoms with Crippen LogP contribution in [0.2, 0.25) is 0 Å². The van der Waals surface area contributed by atoms with Crippen LogP contribution in [0.4, 0.5) is 43.9 Å². The zero-order valence-electron chi connectivity index (χ0n) is 9.76. The van der Waals surface area contributed by atoms with Gasteiger partial charge in [-0.05, 0) is 12.8 Å². The molecule has 0 aliphatic rings. The molecule has 0 rings (SSSR count).